The molecule has 2 aliphatic carbocycles. The molecule has 13 heteroatoms. The Hall–Kier alpha value is -3.32. The molecule has 4 heterocycles. The normalized spacial score (nSPS) is 27.2. The van der Waals surface area contributed by atoms with Gasteiger partial charge in [-0.1, -0.05) is 80.2 Å². The van der Waals surface area contributed by atoms with Gasteiger partial charge in [-0.05, 0) is 94.1 Å². The number of imidazole rings is 1. The number of aromatic nitrogens is 3. The SMILES string of the molecule is CC[C@@H]1C[C@@]12NC(=O)[C@@H]1C[C@@H](Cc3nc4c(cccc4n3C(C)C)-c3nc(C(C)C)c(s3)CCCCCCC3(CC3)S(=O)(=O)NC2=O)CN1C(=O)[C@@H](C)C(C)(C)C. The first-order chi connectivity index (χ1) is 26.8. The third kappa shape index (κ3) is 7.80. The molecule has 0 radical (unpaired) electrons. The van der Waals surface area contributed by atoms with Crippen LogP contribution in [0, 0.1) is 23.2 Å². The minimum atomic E-state index is -3.97. The summed E-state index contributed by atoms with van der Waals surface area (Å²) in [6, 6.07) is 5.66. The van der Waals surface area contributed by atoms with Crippen LogP contribution in [0.25, 0.3) is 21.6 Å². The summed E-state index contributed by atoms with van der Waals surface area (Å²) in [6.45, 7) is 19.1. The Balaban J connectivity index is 1.29. The molecule has 3 fully saturated rings. The van der Waals surface area contributed by atoms with Crippen LogP contribution < -0.4 is 10.0 Å². The number of carbonyl (C=O) groups excluding carboxylic acids is 3. The largest absolute Gasteiger partial charge is 0.340 e. The van der Waals surface area contributed by atoms with Crippen molar-refractivity contribution in [2.75, 3.05) is 6.54 Å². The summed E-state index contributed by atoms with van der Waals surface area (Å²) in [5.41, 5.74) is 2.46. The first-order valence-corrected chi connectivity index (χ1v) is 23.8. The smallest absolute Gasteiger partial charge is 0.259 e. The molecule has 5 atom stereocenters. The van der Waals surface area contributed by atoms with Crippen LogP contribution in [0.4, 0.5) is 0 Å². The lowest BCUT2D eigenvalue weighted by atomic mass is 9.81. The topological polar surface area (TPSA) is 143 Å². The monoisotopic (exact) mass is 820 g/mol. The van der Waals surface area contributed by atoms with Crippen molar-refractivity contribution in [3.8, 4) is 10.6 Å². The second-order valence-corrected chi connectivity index (χ2v) is 22.5. The summed E-state index contributed by atoms with van der Waals surface area (Å²) in [7, 11) is -3.97. The van der Waals surface area contributed by atoms with E-state index in [9.17, 15) is 22.8 Å². The number of rotatable bonds is 4. The molecule has 3 amide bonds. The van der Waals surface area contributed by atoms with Crippen molar-refractivity contribution >= 4 is 50.1 Å². The molecular formula is C44H64N6O5S2. The maximum atomic E-state index is 14.5. The minimum Gasteiger partial charge on any atom is -0.340 e. The lowest BCUT2D eigenvalue weighted by Gasteiger charge is -2.33. The van der Waals surface area contributed by atoms with E-state index < -0.39 is 38.2 Å². The Morgan fingerprint density at radius 1 is 1.02 bits per heavy atom. The summed E-state index contributed by atoms with van der Waals surface area (Å²) in [6.07, 6.45) is 8.09. The standard InChI is InChI=1S/C44H64N6O5S2/c1-10-30-24-44(30)41(53)48-57(54,55)43(20-21-43)19-14-12-11-13-18-34-36(26(2)3)46-39(56-34)31-16-15-17-32-37(31)45-35(50(32)27(4)5)23-29-22-33(38(51)47-44)49(25-29)40(52)28(6)42(7,8)9/h15-17,26-30,33H,10-14,18-25H2,1-9H3,(H,47,51)(H,48,53)/t28-,29+,30-,33+,44-/m1/s1. The molecule has 0 unspecified atom stereocenters. The number of hydrogen-bond donors (Lipinski definition) is 2. The van der Waals surface area contributed by atoms with Crippen LogP contribution in [0.3, 0.4) is 0 Å². The minimum absolute atomic E-state index is 0.0692. The highest BCUT2D eigenvalue weighted by Crippen LogP contribution is 2.50. The van der Waals surface area contributed by atoms with Crippen LogP contribution in [0.5, 0.6) is 0 Å². The Labute approximate surface area is 343 Å². The molecular weight excluding hydrogens is 757 g/mol. The molecule has 2 saturated carbocycles. The summed E-state index contributed by atoms with van der Waals surface area (Å²) in [4.78, 5) is 56.5. The predicted octanol–water partition coefficient (Wildman–Crippen LogP) is 8.08. The molecule has 6 bridgehead atoms. The number of fused-ring (bicyclic) bond motifs is 6. The van der Waals surface area contributed by atoms with Gasteiger partial charge in [0.25, 0.3) is 5.91 Å². The van der Waals surface area contributed by atoms with Crippen LogP contribution in [-0.2, 0) is 37.2 Å². The van der Waals surface area contributed by atoms with E-state index in [-0.39, 0.29) is 41.0 Å². The Morgan fingerprint density at radius 3 is 2.37 bits per heavy atom. The first-order valence-electron chi connectivity index (χ1n) is 21.5. The van der Waals surface area contributed by atoms with E-state index in [0.29, 0.717) is 51.5 Å². The van der Waals surface area contributed by atoms with Gasteiger partial charge in [0.1, 0.15) is 22.4 Å². The summed E-state index contributed by atoms with van der Waals surface area (Å²) in [5.74, 6) is -0.574. The van der Waals surface area contributed by atoms with Gasteiger partial charge in [0.2, 0.25) is 21.8 Å². The van der Waals surface area contributed by atoms with Crippen molar-refractivity contribution in [2.45, 2.75) is 168 Å². The number of para-hydroxylation sites is 1. The van der Waals surface area contributed by atoms with Crippen LogP contribution in [0.15, 0.2) is 18.2 Å². The molecule has 2 spiro atoms. The molecule has 3 aromatic rings. The second kappa shape index (κ2) is 15.4. The van der Waals surface area contributed by atoms with Crippen molar-refractivity contribution in [3.05, 3.63) is 34.6 Å². The van der Waals surface area contributed by atoms with Gasteiger partial charge in [0.05, 0.1) is 21.5 Å². The molecule has 2 aliphatic heterocycles. The number of carbonyl (C=O) groups is 3. The maximum Gasteiger partial charge on any atom is 0.259 e. The van der Waals surface area contributed by atoms with Crippen LogP contribution in [0.1, 0.15) is 155 Å². The molecule has 11 nitrogen and oxygen atoms in total. The van der Waals surface area contributed by atoms with Gasteiger partial charge in [-0.25, -0.2) is 18.4 Å². The third-order valence-corrected chi connectivity index (χ3v) is 17.0. The number of amides is 3. The zero-order chi connectivity index (χ0) is 41.2. The van der Waals surface area contributed by atoms with E-state index in [4.69, 9.17) is 9.97 Å². The fourth-order valence-corrected chi connectivity index (χ4v) is 12.4. The lowest BCUT2D eigenvalue weighted by Crippen LogP contribution is -2.57. The number of aryl methyl sites for hydroxylation is 1. The van der Waals surface area contributed by atoms with Crippen LogP contribution in [0.2, 0.25) is 0 Å². The van der Waals surface area contributed by atoms with E-state index >= 15 is 0 Å². The summed E-state index contributed by atoms with van der Waals surface area (Å²) >= 11 is 1.76. The van der Waals surface area contributed by atoms with Crippen molar-refractivity contribution in [2.24, 2.45) is 23.2 Å². The first kappa shape index (κ1) is 41.8. The molecule has 312 valence electrons. The lowest BCUT2D eigenvalue weighted by molar-refractivity contribution is -0.144. The number of hydrogen-bond acceptors (Lipinski definition) is 8. The molecule has 1 saturated heterocycles. The van der Waals surface area contributed by atoms with Crippen molar-refractivity contribution < 1.29 is 22.8 Å². The molecule has 2 aromatic heterocycles. The average molecular weight is 821 g/mol. The zero-order valence-electron chi connectivity index (χ0n) is 35.5. The quantitative estimate of drug-likeness (QED) is 0.271. The van der Waals surface area contributed by atoms with E-state index in [1.807, 2.05) is 34.6 Å². The van der Waals surface area contributed by atoms with E-state index in [1.54, 1.807) is 16.2 Å². The fraction of sp³-hybridized carbons (Fsp3) is 0.705. The van der Waals surface area contributed by atoms with Gasteiger partial charge >= 0.3 is 0 Å². The predicted molar refractivity (Wildman–Crippen MR) is 226 cm³/mol. The highest BCUT2D eigenvalue weighted by atomic mass is 32.2. The molecule has 1 aromatic carbocycles. The number of thiazole rings is 1. The number of likely N-dealkylation sites (tertiary alicyclic amines) is 1. The van der Waals surface area contributed by atoms with Gasteiger partial charge < -0.3 is 14.8 Å². The van der Waals surface area contributed by atoms with E-state index in [0.717, 1.165) is 65.2 Å². The number of nitrogens with one attached hydrogen (secondary N) is 2. The fourth-order valence-electron chi connectivity index (χ4n) is 9.42. The highest BCUT2D eigenvalue weighted by Gasteiger charge is 2.63. The Kier molecular flexibility index (Phi) is 11.3. The molecule has 7 rings (SSSR count). The maximum absolute atomic E-state index is 14.5. The van der Waals surface area contributed by atoms with Gasteiger partial charge in [0.15, 0.2) is 0 Å². The van der Waals surface area contributed by atoms with E-state index in [2.05, 4.69) is 60.5 Å². The average Bonchev–Trinajstić information content (AvgIpc) is 3.91. The summed E-state index contributed by atoms with van der Waals surface area (Å²) < 4.78 is 31.6. The number of sulfonamides is 1. The number of nitrogens with zero attached hydrogens (tertiary/aromatic N) is 4. The van der Waals surface area contributed by atoms with Gasteiger partial charge in [0, 0.05) is 35.4 Å². The van der Waals surface area contributed by atoms with Crippen molar-refractivity contribution in [1.82, 2.24) is 29.5 Å². The zero-order valence-corrected chi connectivity index (χ0v) is 37.2. The molecule has 57 heavy (non-hydrogen) atoms. The van der Waals surface area contributed by atoms with Gasteiger partial charge in [-0.2, -0.15) is 0 Å². The van der Waals surface area contributed by atoms with Gasteiger partial charge in [-0.3, -0.25) is 19.1 Å². The Morgan fingerprint density at radius 2 is 1.74 bits per heavy atom. The molecule has 4 aliphatic rings. The summed E-state index contributed by atoms with van der Waals surface area (Å²) in [5, 5.41) is 4.04. The molecule has 2 N–H and O–H groups in total. The van der Waals surface area contributed by atoms with Crippen molar-refractivity contribution in [3.63, 3.8) is 0 Å². The Bertz CT molecular complexity index is 2140. The van der Waals surface area contributed by atoms with E-state index in [1.165, 1.54) is 4.88 Å². The highest BCUT2D eigenvalue weighted by molar-refractivity contribution is 7.91. The van der Waals surface area contributed by atoms with Gasteiger partial charge in [-0.15, -0.1) is 11.3 Å². The van der Waals surface area contributed by atoms with Crippen molar-refractivity contribution in [1.29, 1.82) is 0 Å². The second-order valence-electron chi connectivity index (χ2n) is 19.3. The van der Waals surface area contributed by atoms with Crippen LogP contribution >= 0.6 is 11.3 Å². The number of benzene rings is 1. The van der Waals surface area contributed by atoms with Crippen LogP contribution in [-0.4, -0.2) is 68.4 Å². The third-order valence-electron chi connectivity index (χ3n) is 13.7.